The number of nitrogens with two attached hydrogens (primary N) is 1. The first-order valence-corrected chi connectivity index (χ1v) is 7.58. The molecule has 0 saturated carbocycles. The van der Waals surface area contributed by atoms with E-state index in [4.69, 9.17) is 20.1 Å². The summed E-state index contributed by atoms with van der Waals surface area (Å²) in [6.45, 7) is 0.912. The number of rotatable bonds is 8. The van der Waals surface area contributed by atoms with E-state index in [1.54, 1.807) is 14.2 Å². The van der Waals surface area contributed by atoms with Gasteiger partial charge in [-0.05, 0) is 38.2 Å². The van der Waals surface area contributed by atoms with Crippen molar-refractivity contribution < 1.29 is 14.2 Å². The molecule has 1 fully saturated rings. The minimum Gasteiger partial charge on any atom is -0.497 e. The van der Waals surface area contributed by atoms with E-state index in [0.29, 0.717) is 6.10 Å². The average molecular weight is 294 g/mol. The second-order valence-corrected chi connectivity index (χ2v) is 5.39. The molecule has 21 heavy (non-hydrogen) atoms. The van der Waals surface area contributed by atoms with Gasteiger partial charge in [-0.2, -0.15) is 0 Å². The Morgan fingerprint density at radius 1 is 1.38 bits per heavy atom. The number of ether oxygens (including phenoxy) is 3. The van der Waals surface area contributed by atoms with Gasteiger partial charge >= 0.3 is 0 Å². The van der Waals surface area contributed by atoms with Gasteiger partial charge < -0.3 is 14.2 Å². The number of hydrogen-bond acceptors (Lipinski definition) is 5. The van der Waals surface area contributed by atoms with Gasteiger partial charge in [0.2, 0.25) is 0 Å². The van der Waals surface area contributed by atoms with Gasteiger partial charge in [-0.1, -0.05) is 6.07 Å². The molecule has 1 aliphatic rings. The summed E-state index contributed by atoms with van der Waals surface area (Å²) in [6.07, 6.45) is 5.94. The Morgan fingerprint density at radius 2 is 2.24 bits per heavy atom. The molecule has 0 aromatic heterocycles. The number of nitrogens with one attached hydrogen (secondary N) is 1. The van der Waals surface area contributed by atoms with Gasteiger partial charge in [-0.15, -0.1) is 0 Å². The summed E-state index contributed by atoms with van der Waals surface area (Å²) in [5, 5.41) is 0. The Hall–Kier alpha value is -1.30. The van der Waals surface area contributed by atoms with Gasteiger partial charge in [-0.25, -0.2) is 0 Å². The van der Waals surface area contributed by atoms with E-state index in [9.17, 15) is 0 Å². The molecular formula is C16H26N2O3. The van der Waals surface area contributed by atoms with Crippen LogP contribution in [0.4, 0.5) is 0 Å². The maximum absolute atomic E-state index is 5.73. The van der Waals surface area contributed by atoms with Crippen LogP contribution in [0.3, 0.4) is 0 Å². The molecule has 1 aliphatic heterocycles. The standard InChI is InChI=1S/C16H26N2O3/c1-19-13-8-9-14(16(11-13)20-2)15(18-17)7-3-5-12-6-4-10-21-12/h8-9,11-12,15,18H,3-7,10,17H2,1-2H3. The van der Waals surface area contributed by atoms with Crippen LogP contribution in [0.15, 0.2) is 18.2 Å². The zero-order valence-corrected chi connectivity index (χ0v) is 12.9. The van der Waals surface area contributed by atoms with Crippen molar-refractivity contribution in [3.63, 3.8) is 0 Å². The van der Waals surface area contributed by atoms with Crippen LogP contribution in [0.25, 0.3) is 0 Å². The van der Waals surface area contributed by atoms with E-state index in [1.165, 1.54) is 12.8 Å². The highest BCUT2D eigenvalue weighted by molar-refractivity contribution is 5.42. The van der Waals surface area contributed by atoms with Crippen molar-refractivity contribution in [2.24, 2.45) is 5.84 Å². The van der Waals surface area contributed by atoms with Gasteiger partial charge in [0.05, 0.1) is 20.3 Å². The van der Waals surface area contributed by atoms with Gasteiger partial charge in [0.25, 0.3) is 0 Å². The van der Waals surface area contributed by atoms with Crippen molar-refractivity contribution in [1.29, 1.82) is 0 Å². The fourth-order valence-corrected chi connectivity index (χ4v) is 2.86. The molecule has 5 heteroatoms. The molecule has 0 radical (unpaired) electrons. The zero-order valence-electron chi connectivity index (χ0n) is 12.9. The highest BCUT2D eigenvalue weighted by atomic mass is 16.5. The van der Waals surface area contributed by atoms with Gasteiger partial charge in [0, 0.05) is 24.3 Å². The Bertz CT molecular complexity index is 434. The fraction of sp³-hybridized carbons (Fsp3) is 0.625. The highest BCUT2D eigenvalue weighted by Crippen LogP contribution is 2.32. The van der Waals surface area contributed by atoms with E-state index in [-0.39, 0.29) is 6.04 Å². The molecule has 2 unspecified atom stereocenters. The van der Waals surface area contributed by atoms with Crippen molar-refractivity contribution in [2.75, 3.05) is 20.8 Å². The third kappa shape index (κ3) is 4.33. The predicted molar refractivity (Wildman–Crippen MR) is 82.4 cm³/mol. The lowest BCUT2D eigenvalue weighted by Crippen LogP contribution is -2.28. The second kappa shape index (κ2) is 8.22. The molecule has 0 bridgehead atoms. The van der Waals surface area contributed by atoms with Crippen LogP contribution in [0.1, 0.15) is 43.7 Å². The Labute approximate surface area is 126 Å². The highest BCUT2D eigenvalue weighted by Gasteiger charge is 2.18. The van der Waals surface area contributed by atoms with Crippen molar-refractivity contribution in [3.05, 3.63) is 23.8 Å². The summed E-state index contributed by atoms with van der Waals surface area (Å²) in [5.74, 6) is 7.31. The monoisotopic (exact) mass is 294 g/mol. The normalized spacial score (nSPS) is 19.5. The fourth-order valence-electron chi connectivity index (χ4n) is 2.86. The van der Waals surface area contributed by atoms with Gasteiger partial charge in [0.1, 0.15) is 11.5 Å². The quantitative estimate of drug-likeness (QED) is 0.570. The predicted octanol–water partition coefficient (Wildman–Crippen LogP) is 2.56. The van der Waals surface area contributed by atoms with Crippen LogP contribution in [0, 0.1) is 0 Å². The third-order valence-electron chi connectivity index (χ3n) is 4.06. The minimum atomic E-state index is 0.0762. The molecule has 1 aromatic carbocycles. The topological polar surface area (TPSA) is 65.7 Å². The molecule has 1 heterocycles. The summed E-state index contributed by atoms with van der Waals surface area (Å²) in [7, 11) is 3.31. The summed E-state index contributed by atoms with van der Waals surface area (Å²) < 4.78 is 16.3. The number of methoxy groups -OCH3 is 2. The minimum absolute atomic E-state index is 0.0762. The molecule has 118 valence electrons. The molecule has 5 nitrogen and oxygen atoms in total. The van der Waals surface area contributed by atoms with E-state index < -0.39 is 0 Å². The van der Waals surface area contributed by atoms with Crippen LogP contribution in [0.2, 0.25) is 0 Å². The first kappa shape index (κ1) is 16.1. The molecule has 0 spiro atoms. The maximum atomic E-state index is 5.73. The largest absolute Gasteiger partial charge is 0.497 e. The van der Waals surface area contributed by atoms with Crippen LogP contribution in [-0.4, -0.2) is 26.9 Å². The van der Waals surface area contributed by atoms with Crippen LogP contribution >= 0.6 is 0 Å². The first-order valence-electron chi connectivity index (χ1n) is 7.58. The van der Waals surface area contributed by atoms with E-state index >= 15 is 0 Å². The summed E-state index contributed by atoms with van der Waals surface area (Å²) >= 11 is 0. The van der Waals surface area contributed by atoms with Gasteiger partial charge in [-0.3, -0.25) is 11.3 Å². The second-order valence-electron chi connectivity index (χ2n) is 5.39. The lowest BCUT2D eigenvalue weighted by molar-refractivity contribution is 0.101. The first-order chi connectivity index (χ1) is 10.3. The molecular weight excluding hydrogens is 268 g/mol. The van der Waals surface area contributed by atoms with Crippen molar-refractivity contribution >= 4 is 0 Å². The van der Waals surface area contributed by atoms with Crippen molar-refractivity contribution in [2.45, 2.75) is 44.2 Å². The summed E-state index contributed by atoms with van der Waals surface area (Å²) in [4.78, 5) is 0. The number of hydrazine groups is 1. The maximum Gasteiger partial charge on any atom is 0.127 e. The van der Waals surface area contributed by atoms with E-state index in [0.717, 1.165) is 42.9 Å². The summed E-state index contributed by atoms with van der Waals surface area (Å²) in [6, 6.07) is 5.91. The van der Waals surface area contributed by atoms with Crippen molar-refractivity contribution in [1.82, 2.24) is 5.43 Å². The average Bonchev–Trinajstić information content (AvgIpc) is 3.04. The van der Waals surface area contributed by atoms with Crippen LogP contribution in [-0.2, 0) is 4.74 Å². The molecule has 1 saturated heterocycles. The lowest BCUT2D eigenvalue weighted by atomic mass is 9.98. The van der Waals surface area contributed by atoms with Crippen LogP contribution < -0.4 is 20.7 Å². The molecule has 0 amide bonds. The van der Waals surface area contributed by atoms with E-state index in [1.807, 2.05) is 18.2 Å². The SMILES string of the molecule is COc1ccc(C(CCCC2CCCO2)NN)c(OC)c1. The summed E-state index contributed by atoms with van der Waals surface area (Å²) in [5.41, 5.74) is 3.96. The molecule has 0 aliphatic carbocycles. The van der Waals surface area contributed by atoms with Crippen LogP contribution in [0.5, 0.6) is 11.5 Å². The Kier molecular flexibility index (Phi) is 6.29. The Morgan fingerprint density at radius 3 is 2.86 bits per heavy atom. The van der Waals surface area contributed by atoms with Gasteiger partial charge in [0.15, 0.2) is 0 Å². The third-order valence-corrected chi connectivity index (χ3v) is 4.06. The smallest absolute Gasteiger partial charge is 0.127 e. The van der Waals surface area contributed by atoms with Crippen molar-refractivity contribution in [3.8, 4) is 11.5 Å². The molecule has 1 aromatic rings. The van der Waals surface area contributed by atoms with E-state index in [2.05, 4.69) is 5.43 Å². The number of benzene rings is 1. The number of hydrogen-bond donors (Lipinski definition) is 2. The molecule has 2 rings (SSSR count). The lowest BCUT2D eigenvalue weighted by Gasteiger charge is -2.20. The molecule has 3 N–H and O–H groups in total. The zero-order chi connectivity index (χ0) is 15.1. The molecule has 2 atom stereocenters. The Balaban J connectivity index is 1.95.